The van der Waals surface area contributed by atoms with Crippen molar-refractivity contribution in [3.05, 3.63) is 70.8 Å². The molecule has 0 fully saturated rings. The lowest BCUT2D eigenvalue weighted by atomic mass is 9.88. The van der Waals surface area contributed by atoms with Crippen molar-refractivity contribution in [3.63, 3.8) is 0 Å². The van der Waals surface area contributed by atoms with Crippen LogP contribution in [0.5, 0.6) is 0 Å². The standard InChI is InChI=1S/C20H21NO4/c22-12-14-8-10-16(11-9-14)20(24)25-13-19(23)21-18-7-3-5-15-4-1-2-6-17(15)18/h1-2,4,6,8-11,18,22H,3,5,7,12-13H2,(H,21,23). The van der Waals surface area contributed by atoms with Gasteiger partial charge in [-0.2, -0.15) is 0 Å². The molecule has 1 aliphatic rings. The summed E-state index contributed by atoms with van der Waals surface area (Å²) in [5.74, 6) is -0.856. The number of fused-ring (bicyclic) bond motifs is 1. The number of rotatable bonds is 5. The second-order valence-electron chi connectivity index (χ2n) is 6.14. The molecule has 2 aromatic rings. The summed E-state index contributed by atoms with van der Waals surface area (Å²) >= 11 is 0. The van der Waals surface area contributed by atoms with Crippen LogP contribution >= 0.6 is 0 Å². The lowest BCUT2D eigenvalue weighted by Gasteiger charge is -2.26. The maximum Gasteiger partial charge on any atom is 0.338 e. The number of esters is 1. The summed E-state index contributed by atoms with van der Waals surface area (Å²) in [5.41, 5.74) is 3.48. The number of hydrogen-bond donors (Lipinski definition) is 2. The number of carbonyl (C=O) groups is 2. The van der Waals surface area contributed by atoms with Gasteiger partial charge in [0.25, 0.3) is 5.91 Å². The Morgan fingerprint density at radius 3 is 2.64 bits per heavy atom. The van der Waals surface area contributed by atoms with Crippen LogP contribution in [-0.2, 0) is 22.6 Å². The Morgan fingerprint density at radius 1 is 1.12 bits per heavy atom. The van der Waals surface area contributed by atoms with E-state index in [1.54, 1.807) is 24.3 Å². The van der Waals surface area contributed by atoms with Gasteiger partial charge in [-0.3, -0.25) is 4.79 Å². The van der Waals surface area contributed by atoms with Crippen LogP contribution in [0.25, 0.3) is 0 Å². The summed E-state index contributed by atoms with van der Waals surface area (Å²) in [5, 5.41) is 12.0. The fourth-order valence-corrected chi connectivity index (χ4v) is 3.10. The molecule has 1 unspecified atom stereocenters. The van der Waals surface area contributed by atoms with Crippen molar-refractivity contribution in [3.8, 4) is 0 Å². The topological polar surface area (TPSA) is 75.6 Å². The summed E-state index contributed by atoms with van der Waals surface area (Å²) in [6.45, 7) is -0.389. The number of aliphatic hydroxyl groups is 1. The van der Waals surface area contributed by atoms with Gasteiger partial charge >= 0.3 is 5.97 Å². The van der Waals surface area contributed by atoms with E-state index in [0.29, 0.717) is 11.1 Å². The molecule has 2 N–H and O–H groups in total. The lowest BCUT2D eigenvalue weighted by Crippen LogP contribution is -2.34. The second kappa shape index (κ2) is 7.94. The first-order valence-electron chi connectivity index (χ1n) is 8.41. The monoisotopic (exact) mass is 339 g/mol. The summed E-state index contributed by atoms with van der Waals surface area (Å²) in [4.78, 5) is 24.1. The highest BCUT2D eigenvalue weighted by molar-refractivity contribution is 5.91. The lowest BCUT2D eigenvalue weighted by molar-refractivity contribution is -0.125. The summed E-state index contributed by atoms with van der Waals surface area (Å²) < 4.78 is 5.08. The highest BCUT2D eigenvalue weighted by Gasteiger charge is 2.21. The van der Waals surface area contributed by atoms with Gasteiger partial charge in [-0.1, -0.05) is 36.4 Å². The minimum Gasteiger partial charge on any atom is -0.452 e. The quantitative estimate of drug-likeness (QED) is 0.821. The summed E-state index contributed by atoms with van der Waals surface area (Å²) in [6, 6.07) is 14.5. The van der Waals surface area contributed by atoms with Crippen molar-refractivity contribution in [2.75, 3.05) is 6.61 Å². The summed E-state index contributed by atoms with van der Waals surface area (Å²) in [7, 11) is 0. The minimum atomic E-state index is -0.552. The van der Waals surface area contributed by atoms with E-state index in [9.17, 15) is 9.59 Å². The molecule has 1 amide bonds. The van der Waals surface area contributed by atoms with E-state index < -0.39 is 5.97 Å². The van der Waals surface area contributed by atoms with Crippen LogP contribution in [0.15, 0.2) is 48.5 Å². The van der Waals surface area contributed by atoms with Crippen LogP contribution in [0.2, 0.25) is 0 Å². The van der Waals surface area contributed by atoms with Crippen LogP contribution in [0.3, 0.4) is 0 Å². The highest BCUT2D eigenvalue weighted by Crippen LogP contribution is 2.29. The fraction of sp³-hybridized carbons (Fsp3) is 0.300. The maximum absolute atomic E-state index is 12.1. The number of carbonyl (C=O) groups excluding carboxylic acids is 2. The zero-order valence-electron chi connectivity index (χ0n) is 13.9. The zero-order valence-corrected chi connectivity index (χ0v) is 13.9. The van der Waals surface area contributed by atoms with Crippen molar-refractivity contribution in [1.82, 2.24) is 5.32 Å². The predicted octanol–water partition coefficient (Wildman–Crippen LogP) is 2.53. The fourth-order valence-electron chi connectivity index (χ4n) is 3.10. The Morgan fingerprint density at radius 2 is 1.88 bits per heavy atom. The molecule has 0 saturated carbocycles. The number of nitrogens with one attached hydrogen (secondary N) is 1. The molecule has 0 spiro atoms. The number of ether oxygens (including phenoxy) is 1. The van der Waals surface area contributed by atoms with Gasteiger partial charge in [-0.25, -0.2) is 4.79 Å². The molecule has 2 aromatic carbocycles. The molecule has 0 heterocycles. The van der Waals surface area contributed by atoms with Crippen LogP contribution < -0.4 is 5.32 Å². The molecule has 5 heteroatoms. The van der Waals surface area contributed by atoms with Crippen molar-refractivity contribution in [2.24, 2.45) is 0 Å². The average Bonchev–Trinajstić information content (AvgIpc) is 2.66. The van der Waals surface area contributed by atoms with Gasteiger partial charge in [0, 0.05) is 0 Å². The highest BCUT2D eigenvalue weighted by atomic mass is 16.5. The van der Waals surface area contributed by atoms with Crippen molar-refractivity contribution in [1.29, 1.82) is 0 Å². The van der Waals surface area contributed by atoms with E-state index >= 15 is 0 Å². The van der Waals surface area contributed by atoms with Gasteiger partial charge in [0.2, 0.25) is 0 Å². The molecule has 1 aliphatic carbocycles. The van der Waals surface area contributed by atoms with E-state index in [1.165, 1.54) is 5.56 Å². The Balaban J connectivity index is 1.54. The van der Waals surface area contributed by atoms with Crippen LogP contribution in [0, 0.1) is 0 Å². The Bertz CT molecular complexity index is 755. The van der Waals surface area contributed by atoms with Gasteiger partial charge < -0.3 is 15.2 Å². The van der Waals surface area contributed by atoms with Crippen LogP contribution in [0.4, 0.5) is 0 Å². The number of benzene rings is 2. The largest absolute Gasteiger partial charge is 0.452 e. The summed E-state index contributed by atoms with van der Waals surface area (Å²) in [6.07, 6.45) is 2.94. The number of aryl methyl sites for hydroxylation is 1. The van der Waals surface area contributed by atoms with Gasteiger partial charge in [0.15, 0.2) is 6.61 Å². The third-order valence-electron chi connectivity index (χ3n) is 4.41. The molecule has 0 radical (unpaired) electrons. The molecule has 130 valence electrons. The van der Waals surface area contributed by atoms with E-state index in [2.05, 4.69) is 11.4 Å². The van der Waals surface area contributed by atoms with E-state index in [-0.39, 0.29) is 25.2 Å². The first-order chi connectivity index (χ1) is 12.2. The molecule has 3 rings (SSSR count). The molecule has 0 saturated heterocycles. The van der Waals surface area contributed by atoms with Gasteiger partial charge in [-0.15, -0.1) is 0 Å². The molecule has 1 atom stereocenters. The molecular weight excluding hydrogens is 318 g/mol. The molecule has 25 heavy (non-hydrogen) atoms. The maximum atomic E-state index is 12.1. The SMILES string of the molecule is O=C(COC(=O)c1ccc(CO)cc1)NC1CCCc2ccccc21. The Kier molecular flexibility index (Phi) is 5.46. The second-order valence-corrected chi connectivity index (χ2v) is 6.14. The molecule has 0 bridgehead atoms. The Hall–Kier alpha value is -2.66. The Labute approximate surface area is 146 Å². The van der Waals surface area contributed by atoms with E-state index in [4.69, 9.17) is 9.84 Å². The van der Waals surface area contributed by atoms with Crippen LogP contribution in [-0.4, -0.2) is 23.6 Å². The predicted molar refractivity (Wildman–Crippen MR) is 92.9 cm³/mol. The normalized spacial score (nSPS) is 16.0. The molecule has 0 aliphatic heterocycles. The van der Waals surface area contributed by atoms with E-state index in [0.717, 1.165) is 24.8 Å². The number of amides is 1. The average molecular weight is 339 g/mol. The van der Waals surface area contributed by atoms with Gasteiger partial charge in [0.05, 0.1) is 18.2 Å². The molecular formula is C20H21NO4. The first-order valence-corrected chi connectivity index (χ1v) is 8.41. The minimum absolute atomic E-state index is 0.0278. The van der Waals surface area contributed by atoms with Crippen LogP contribution in [0.1, 0.15) is 45.9 Å². The number of hydrogen-bond acceptors (Lipinski definition) is 4. The first kappa shape index (κ1) is 17.2. The van der Waals surface area contributed by atoms with Crippen molar-refractivity contribution < 1.29 is 19.4 Å². The zero-order chi connectivity index (χ0) is 17.6. The third-order valence-corrected chi connectivity index (χ3v) is 4.41. The molecule has 0 aromatic heterocycles. The van der Waals surface area contributed by atoms with Crippen molar-refractivity contribution >= 4 is 11.9 Å². The molecule has 5 nitrogen and oxygen atoms in total. The third kappa shape index (κ3) is 4.25. The van der Waals surface area contributed by atoms with E-state index in [1.807, 2.05) is 18.2 Å². The smallest absolute Gasteiger partial charge is 0.338 e. The van der Waals surface area contributed by atoms with Gasteiger partial charge in [0.1, 0.15) is 0 Å². The number of aliphatic hydroxyl groups excluding tert-OH is 1. The van der Waals surface area contributed by atoms with Gasteiger partial charge in [-0.05, 0) is 48.1 Å². The van der Waals surface area contributed by atoms with Crippen molar-refractivity contribution in [2.45, 2.75) is 31.9 Å².